The summed E-state index contributed by atoms with van der Waals surface area (Å²) in [5, 5.41) is 0. The summed E-state index contributed by atoms with van der Waals surface area (Å²) >= 11 is 3.50. The molecule has 0 radical (unpaired) electrons. The van der Waals surface area contributed by atoms with Crippen molar-refractivity contribution in [2.24, 2.45) is 11.7 Å². The average molecular weight is 300 g/mol. The van der Waals surface area contributed by atoms with Crippen LogP contribution in [-0.2, 0) is 11.2 Å². The van der Waals surface area contributed by atoms with E-state index in [9.17, 15) is 0 Å². The van der Waals surface area contributed by atoms with E-state index in [2.05, 4.69) is 40.2 Å². The summed E-state index contributed by atoms with van der Waals surface area (Å²) in [7, 11) is 0. The van der Waals surface area contributed by atoms with Gasteiger partial charge in [-0.1, -0.05) is 28.1 Å². The topological polar surface area (TPSA) is 35.2 Å². The number of hydrogen-bond acceptors (Lipinski definition) is 2. The standard InChI is InChI=1S/C14H22BrNO/c1-2-17-8-4-6-13(11-16)9-12-5-3-7-14(15)10-12/h3,5,7,10,13H,2,4,6,8-9,11,16H2,1H3. The van der Waals surface area contributed by atoms with E-state index >= 15 is 0 Å². The Labute approximate surface area is 113 Å². The molecule has 1 atom stereocenters. The van der Waals surface area contributed by atoms with Crippen molar-refractivity contribution in [2.75, 3.05) is 19.8 Å². The third kappa shape index (κ3) is 6.20. The molecule has 2 N–H and O–H groups in total. The second kappa shape index (κ2) is 8.67. The van der Waals surface area contributed by atoms with Gasteiger partial charge in [-0.25, -0.2) is 0 Å². The Balaban J connectivity index is 2.35. The van der Waals surface area contributed by atoms with E-state index in [0.29, 0.717) is 5.92 Å². The maximum Gasteiger partial charge on any atom is 0.0466 e. The third-order valence-corrected chi connectivity index (χ3v) is 3.35. The summed E-state index contributed by atoms with van der Waals surface area (Å²) in [6.07, 6.45) is 3.30. The van der Waals surface area contributed by atoms with Crippen LogP contribution in [0.15, 0.2) is 28.7 Å². The predicted octanol–water partition coefficient (Wildman–Crippen LogP) is 3.38. The fourth-order valence-electron chi connectivity index (χ4n) is 1.92. The van der Waals surface area contributed by atoms with Crippen LogP contribution in [0.4, 0.5) is 0 Å². The van der Waals surface area contributed by atoms with Crippen LogP contribution in [0.25, 0.3) is 0 Å². The maximum atomic E-state index is 5.82. The van der Waals surface area contributed by atoms with Gasteiger partial charge in [0.1, 0.15) is 0 Å². The van der Waals surface area contributed by atoms with Gasteiger partial charge in [-0.15, -0.1) is 0 Å². The van der Waals surface area contributed by atoms with Crippen LogP contribution in [0.3, 0.4) is 0 Å². The maximum absolute atomic E-state index is 5.82. The monoisotopic (exact) mass is 299 g/mol. The molecular formula is C14H22BrNO. The molecule has 0 aromatic heterocycles. The molecule has 0 fully saturated rings. The minimum absolute atomic E-state index is 0.560. The minimum Gasteiger partial charge on any atom is -0.382 e. The number of nitrogens with two attached hydrogens (primary N) is 1. The van der Waals surface area contributed by atoms with Crippen LogP contribution in [0.1, 0.15) is 25.3 Å². The van der Waals surface area contributed by atoms with Gasteiger partial charge in [0.05, 0.1) is 0 Å². The zero-order valence-electron chi connectivity index (χ0n) is 10.5. The molecule has 1 rings (SSSR count). The first-order chi connectivity index (χ1) is 8.26. The van der Waals surface area contributed by atoms with E-state index in [1.54, 1.807) is 0 Å². The molecule has 96 valence electrons. The molecular weight excluding hydrogens is 278 g/mol. The van der Waals surface area contributed by atoms with Crippen LogP contribution in [0.5, 0.6) is 0 Å². The first-order valence-corrected chi connectivity index (χ1v) is 7.07. The Morgan fingerprint density at radius 2 is 2.24 bits per heavy atom. The Morgan fingerprint density at radius 3 is 2.88 bits per heavy atom. The van der Waals surface area contributed by atoms with Crippen molar-refractivity contribution in [3.05, 3.63) is 34.3 Å². The lowest BCUT2D eigenvalue weighted by Crippen LogP contribution is -2.17. The molecule has 0 heterocycles. The predicted molar refractivity (Wildman–Crippen MR) is 76.1 cm³/mol. The molecule has 1 aromatic carbocycles. The molecule has 0 spiro atoms. The van der Waals surface area contributed by atoms with Crippen LogP contribution in [0.2, 0.25) is 0 Å². The number of halogens is 1. The normalized spacial score (nSPS) is 12.6. The SMILES string of the molecule is CCOCCCC(CN)Cc1cccc(Br)c1. The van der Waals surface area contributed by atoms with Crippen molar-refractivity contribution < 1.29 is 4.74 Å². The summed E-state index contributed by atoms with van der Waals surface area (Å²) < 4.78 is 6.49. The Bertz CT molecular complexity index is 317. The van der Waals surface area contributed by atoms with Gasteiger partial charge in [0, 0.05) is 17.7 Å². The molecule has 0 saturated heterocycles. The lowest BCUT2D eigenvalue weighted by Gasteiger charge is -2.14. The molecule has 0 aliphatic carbocycles. The molecule has 0 saturated carbocycles. The quantitative estimate of drug-likeness (QED) is 0.747. The van der Waals surface area contributed by atoms with Gasteiger partial charge < -0.3 is 10.5 Å². The van der Waals surface area contributed by atoms with Gasteiger partial charge in [0.25, 0.3) is 0 Å². The zero-order valence-corrected chi connectivity index (χ0v) is 12.1. The number of benzene rings is 1. The minimum atomic E-state index is 0.560. The van der Waals surface area contributed by atoms with E-state index in [0.717, 1.165) is 43.5 Å². The van der Waals surface area contributed by atoms with E-state index in [1.165, 1.54) is 5.56 Å². The van der Waals surface area contributed by atoms with Gasteiger partial charge in [0.15, 0.2) is 0 Å². The first kappa shape index (κ1) is 14.7. The second-order valence-electron chi connectivity index (χ2n) is 4.27. The van der Waals surface area contributed by atoms with Crippen molar-refractivity contribution >= 4 is 15.9 Å². The highest BCUT2D eigenvalue weighted by Crippen LogP contribution is 2.17. The zero-order chi connectivity index (χ0) is 12.5. The molecule has 1 unspecified atom stereocenters. The average Bonchev–Trinajstić information content (AvgIpc) is 2.33. The number of rotatable bonds is 8. The van der Waals surface area contributed by atoms with Crippen LogP contribution >= 0.6 is 15.9 Å². The highest BCUT2D eigenvalue weighted by Gasteiger charge is 2.07. The fourth-order valence-corrected chi connectivity index (χ4v) is 2.37. The molecule has 0 bridgehead atoms. The van der Waals surface area contributed by atoms with Crippen molar-refractivity contribution in [3.63, 3.8) is 0 Å². The van der Waals surface area contributed by atoms with E-state index in [-0.39, 0.29) is 0 Å². The molecule has 2 nitrogen and oxygen atoms in total. The van der Waals surface area contributed by atoms with Gasteiger partial charge in [-0.2, -0.15) is 0 Å². The number of hydrogen-bond donors (Lipinski definition) is 1. The van der Waals surface area contributed by atoms with Crippen molar-refractivity contribution in [1.29, 1.82) is 0 Å². The van der Waals surface area contributed by atoms with Gasteiger partial charge in [-0.3, -0.25) is 0 Å². The number of ether oxygens (including phenoxy) is 1. The highest BCUT2D eigenvalue weighted by atomic mass is 79.9. The van der Waals surface area contributed by atoms with Gasteiger partial charge in [0.2, 0.25) is 0 Å². The van der Waals surface area contributed by atoms with Crippen LogP contribution in [-0.4, -0.2) is 19.8 Å². The highest BCUT2D eigenvalue weighted by molar-refractivity contribution is 9.10. The van der Waals surface area contributed by atoms with E-state index in [1.807, 2.05) is 6.92 Å². The van der Waals surface area contributed by atoms with E-state index in [4.69, 9.17) is 10.5 Å². The summed E-state index contributed by atoms with van der Waals surface area (Å²) in [6, 6.07) is 8.46. The molecule has 0 aliphatic rings. The summed E-state index contributed by atoms with van der Waals surface area (Å²) in [4.78, 5) is 0. The lowest BCUT2D eigenvalue weighted by molar-refractivity contribution is 0.139. The van der Waals surface area contributed by atoms with E-state index < -0.39 is 0 Å². The van der Waals surface area contributed by atoms with Crippen LogP contribution < -0.4 is 5.73 Å². The fraction of sp³-hybridized carbons (Fsp3) is 0.571. The second-order valence-corrected chi connectivity index (χ2v) is 5.19. The Kier molecular flexibility index (Phi) is 7.49. The molecule has 17 heavy (non-hydrogen) atoms. The lowest BCUT2D eigenvalue weighted by atomic mass is 9.95. The third-order valence-electron chi connectivity index (χ3n) is 2.85. The van der Waals surface area contributed by atoms with Crippen molar-refractivity contribution in [2.45, 2.75) is 26.2 Å². The molecule has 1 aromatic rings. The van der Waals surface area contributed by atoms with Crippen LogP contribution in [0, 0.1) is 5.92 Å². The van der Waals surface area contributed by atoms with Gasteiger partial charge >= 0.3 is 0 Å². The van der Waals surface area contributed by atoms with Crippen molar-refractivity contribution in [1.82, 2.24) is 0 Å². The molecule has 0 amide bonds. The summed E-state index contributed by atoms with van der Waals surface area (Å²) in [5.74, 6) is 0.560. The molecule has 0 aliphatic heterocycles. The Hall–Kier alpha value is -0.380. The molecule has 3 heteroatoms. The largest absolute Gasteiger partial charge is 0.382 e. The summed E-state index contributed by atoms with van der Waals surface area (Å²) in [5.41, 5.74) is 7.17. The van der Waals surface area contributed by atoms with Crippen molar-refractivity contribution in [3.8, 4) is 0 Å². The smallest absolute Gasteiger partial charge is 0.0466 e. The first-order valence-electron chi connectivity index (χ1n) is 6.28. The summed E-state index contributed by atoms with van der Waals surface area (Å²) in [6.45, 7) is 4.44. The van der Waals surface area contributed by atoms with Gasteiger partial charge in [-0.05, 0) is 56.3 Å². The Morgan fingerprint density at radius 1 is 1.41 bits per heavy atom.